The molecule has 0 amide bonds. The van der Waals surface area contributed by atoms with Crippen molar-refractivity contribution in [3.05, 3.63) is 0 Å². The molecule has 5 nitrogen and oxygen atoms in total. The fourth-order valence-corrected chi connectivity index (χ4v) is 0.845. The van der Waals surface area contributed by atoms with Gasteiger partial charge in [-0.15, -0.1) is 0 Å². The second-order valence-corrected chi connectivity index (χ2v) is 2.79. The number of carbonyl (C=O) groups excluding carboxylic acids is 1. The molecule has 0 heterocycles. The topological polar surface area (TPSA) is 90.7 Å². The van der Waals surface area contributed by atoms with Crippen LogP contribution in [-0.2, 0) is 9.63 Å². The highest BCUT2D eigenvalue weighted by Gasteiger charge is 2.01. The van der Waals surface area contributed by atoms with Gasteiger partial charge in [-0.3, -0.25) is 0 Å². The van der Waals surface area contributed by atoms with Gasteiger partial charge in [0.25, 0.3) is 0 Å². The number of guanidine groups is 1. The minimum absolute atomic E-state index is 0.234. The molecule has 0 aromatic rings. The summed E-state index contributed by atoms with van der Waals surface area (Å²) in [6, 6.07) is 0. The van der Waals surface area contributed by atoms with E-state index in [0.29, 0.717) is 6.42 Å². The van der Waals surface area contributed by atoms with Crippen molar-refractivity contribution in [2.45, 2.75) is 39.0 Å². The largest absolute Gasteiger partial charge is 0.367 e. The normalized spacial score (nSPS) is 9.31. The Morgan fingerprint density at radius 2 is 2.00 bits per heavy atom. The van der Waals surface area contributed by atoms with E-state index >= 15 is 0 Å². The molecule has 0 aromatic heterocycles. The monoisotopic (exact) mass is 187 g/mol. The molecule has 0 atom stereocenters. The maximum Gasteiger partial charge on any atom is 0.335 e. The van der Waals surface area contributed by atoms with Crippen molar-refractivity contribution in [2.75, 3.05) is 0 Å². The summed E-state index contributed by atoms with van der Waals surface area (Å²) in [6.45, 7) is 2.11. The second-order valence-electron chi connectivity index (χ2n) is 2.79. The first-order valence-electron chi connectivity index (χ1n) is 4.45. The van der Waals surface area contributed by atoms with Crippen LogP contribution in [0.1, 0.15) is 39.0 Å². The van der Waals surface area contributed by atoms with Gasteiger partial charge in [-0.25, -0.2) is 4.79 Å². The molecule has 0 saturated carbocycles. The van der Waals surface area contributed by atoms with Crippen molar-refractivity contribution in [3.8, 4) is 0 Å². The molecule has 5 heteroatoms. The summed E-state index contributed by atoms with van der Waals surface area (Å²) in [5, 5.41) is 3.15. The first-order chi connectivity index (χ1) is 6.16. The number of carbonyl (C=O) groups is 1. The van der Waals surface area contributed by atoms with Crippen molar-refractivity contribution in [1.29, 1.82) is 0 Å². The molecule has 0 unspecified atom stereocenters. The molecule has 0 aliphatic heterocycles. The van der Waals surface area contributed by atoms with Crippen molar-refractivity contribution >= 4 is 11.9 Å². The van der Waals surface area contributed by atoms with Gasteiger partial charge in [0.05, 0.1) is 0 Å². The zero-order chi connectivity index (χ0) is 10.1. The van der Waals surface area contributed by atoms with E-state index in [4.69, 9.17) is 11.5 Å². The Morgan fingerprint density at radius 3 is 2.54 bits per heavy atom. The van der Waals surface area contributed by atoms with Crippen LogP contribution in [0.4, 0.5) is 0 Å². The third kappa shape index (κ3) is 8.65. The molecule has 0 bridgehead atoms. The van der Waals surface area contributed by atoms with Gasteiger partial charge >= 0.3 is 5.97 Å². The molecule has 0 spiro atoms. The Labute approximate surface area is 78.1 Å². The van der Waals surface area contributed by atoms with Gasteiger partial charge in [-0.2, -0.15) is 0 Å². The average molecular weight is 187 g/mol. The van der Waals surface area contributed by atoms with Crippen molar-refractivity contribution in [1.82, 2.24) is 0 Å². The fourth-order valence-electron chi connectivity index (χ4n) is 0.845. The number of oxime groups is 1. The molecule has 0 aliphatic rings. The van der Waals surface area contributed by atoms with Gasteiger partial charge in [0.2, 0.25) is 5.96 Å². The van der Waals surface area contributed by atoms with E-state index < -0.39 is 0 Å². The van der Waals surface area contributed by atoms with Crippen LogP contribution in [0.5, 0.6) is 0 Å². The van der Waals surface area contributed by atoms with Gasteiger partial charge in [0.1, 0.15) is 0 Å². The molecule has 0 radical (unpaired) electrons. The van der Waals surface area contributed by atoms with Crippen LogP contribution in [0.15, 0.2) is 5.16 Å². The summed E-state index contributed by atoms with van der Waals surface area (Å²) in [4.78, 5) is 15.3. The molecular formula is C8H17N3O2. The van der Waals surface area contributed by atoms with Crippen molar-refractivity contribution in [3.63, 3.8) is 0 Å². The summed E-state index contributed by atoms with van der Waals surface area (Å²) >= 11 is 0. The Balaban J connectivity index is 3.36. The summed E-state index contributed by atoms with van der Waals surface area (Å²) in [6.07, 6.45) is 4.51. The summed E-state index contributed by atoms with van der Waals surface area (Å²) < 4.78 is 0. The van der Waals surface area contributed by atoms with E-state index in [1.54, 1.807) is 0 Å². The smallest absolute Gasteiger partial charge is 0.335 e. The highest BCUT2D eigenvalue weighted by atomic mass is 16.7. The standard InChI is InChI=1S/C8H17N3O2/c1-2-3-4-5-6-7(12)13-11-8(9)10/h2-6H2,1H3,(H4,9,10,11). The molecule has 0 rings (SSSR count). The fraction of sp³-hybridized carbons (Fsp3) is 0.750. The number of nitrogens with two attached hydrogens (primary N) is 2. The summed E-state index contributed by atoms with van der Waals surface area (Å²) in [5.41, 5.74) is 9.94. The lowest BCUT2D eigenvalue weighted by Crippen LogP contribution is -2.23. The van der Waals surface area contributed by atoms with E-state index in [9.17, 15) is 4.79 Å². The zero-order valence-corrected chi connectivity index (χ0v) is 7.95. The van der Waals surface area contributed by atoms with Gasteiger partial charge in [-0.05, 0) is 11.6 Å². The van der Waals surface area contributed by atoms with Gasteiger partial charge in [0.15, 0.2) is 0 Å². The predicted octanol–water partition coefficient (Wildman–Crippen LogP) is 0.688. The Hall–Kier alpha value is -1.26. The molecule has 0 fully saturated rings. The molecular weight excluding hydrogens is 170 g/mol. The number of hydrogen-bond donors (Lipinski definition) is 2. The lowest BCUT2D eigenvalue weighted by Gasteiger charge is -1.97. The zero-order valence-electron chi connectivity index (χ0n) is 7.95. The third-order valence-corrected chi connectivity index (χ3v) is 1.49. The highest BCUT2D eigenvalue weighted by Crippen LogP contribution is 2.03. The van der Waals surface area contributed by atoms with Crippen molar-refractivity contribution < 1.29 is 9.63 Å². The van der Waals surface area contributed by atoms with Gasteiger partial charge in [-0.1, -0.05) is 26.2 Å². The van der Waals surface area contributed by atoms with Crippen LogP contribution >= 0.6 is 0 Å². The van der Waals surface area contributed by atoms with E-state index in [2.05, 4.69) is 16.9 Å². The summed E-state index contributed by atoms with van der Waals surface area (Å²) in [7, 11) is 0. The molecule has 0 aliphatic carbocycles. The lowest BCUT2D eigenvalue weighted by atomic mass is 10.2. The van der Waals surface area contributed by atoms with Crippen LogP contribution in [0, 0.1) is 0 Å². The molecule has 4 N–H and O–H groups in total. The van der Waals surface area contributed by atoms with Crippen LogP contribution in [0.25, 0.3) is 0 Å². The average Bonchev–Trinajstić information content (AvgIpc) is 2.09. The molecule has 0 saturated heterocycles. The number of hydrogen-bond acceptors (Lipinski definition) is 3. The number of nitrogens with zero attached hydrogens (tertiary/aromatic N) is 1. The van der Waals surface area contributed by atoms with E-state index in [-0.39, 0.29) is 11.9 Å². The number of rotatable bonds is 6. The molecule has 0 aromatic carbocycles. The Morgan fingerprint density at radius 1 is 1.31 bits per heavy atom. The third-order valence-electron chi connectivity index (χ3n) is 1.49. The SMILES string of the molecule is CCCCCCC(=O)ON=C(N)N. The van der Waals surface area contributed by atoms with Crippen LogP contribution in [0.3, 0.4) is 0 Å². The van der Waals surface area contributed by atoms with E-state index in [0.717, 1.165) is 25.7 Å². The summed E-state index contributed by atoms with van der Waals surface area (Å²) in [5.74, 6) is -0.619. The maximum atomic E-state index is 10.9. The predicted molar refractivity (Wildman–Crippen MR) is 50.7 cm³/mol. The minimum Gasteiger partial charge on any atom is -0.367 e. The van der Waals surface area contributed by atoms with Crippen LogP contribution < -0.4 is 11.5 Å². The van der Waals surface area contributed by atoms with Gasteiger partial charge in [0, 0.05) is 6.42 Å². The lowest BCUT2D eigenvalue weighted by molar-refractivity contribution is -0.143. The van der Waals surface area contributed by atoms with E-state index in [1.807, 2.05) is 0 Å². The van der Waals surface area contributed by atoms with Gasteiger partial charge < -0.3 is 16.3 Å². The Kier molecular flexibility index (Phi) is 6.68. The first kappa shape index (κ1) is 11.7. The first-order valence-corrected chi connectivity index (χ1v) is 4.45. The highest BCUT2D eigenvalue weighted by molar-refractivity contribution is 5.77. The number of unbranched alkanes of at least 4 members (excludes halogenated alkanes) is 3. The van der Waals surface area contributed by atoms with E-state index in [1.165, 1.54) is 0 Å². The minimum atomic E-state index is -0.385. The Bertz CT molecular complexity index is 176. The molecule has 76 valence electrons. The van der Waals surface area contributed by atoms with Crippen LogP contribution in [0.2, 0.25) is 0 Å². The molecule has 13 heavy (non-hydrogen) atoms. The van der Waals surface area contributed by atoms with Crippen molar-refractivity contribution in [2.24, 2.45) is 16.6 Å². The second kappa shape index (κ2) is 7.39. The maximum absolute atomic E-state index is 10.9. The van der Waals surface area contributed by atoms with Crippen LogP contribution in [-0.4, -0.2) is 11.9 Å². The quantitative estimate of drug-likeness (QED) is 0.210.